The lowest BCUT2D eigenvalue weighted by atomic mass is 10.1. The lowest BCUT2D eigenvalue weighted by molar-refractivity contribution is -0.192. The van der Waals surface area contributed by atoms with E-state index < -0.39 is 18.3 Å². The van der Waals surface area contributed by atoms with Crippen LogP contribution < -0.4 is 5.73 Å². The molecule has 0 saturated carbocycles. The average molecular weight is 267 g/mol. The van der Waals surface area contributed by atoms with Crippen LogP contribution >= 0.6 is 0 Å². The highest BCUT2D eigenvalue weighted by atomic mass is 19.4. The number of halogens is 3. The molecule has 0 bridgehead atoms. The Bertz CT molecular complexity index is 247. The molecule has 1 fully saturated rings. The molecule has 2 N–H and O–H groups in total. The van der Waals surface area contributed by atoms with Crippen LogP contribution in [0, 0.1) is 0 Å². The summed E-state index contributed by atoms with van der Waals surface area (Å²) in [6.07, 6.45) is -3.22. The molecule has 0 spiro atoms. The number of alkyl halides is 3. The van der Waals surface area contributed by atoms with Gasteiger partial charge in [-0.2, -0.15) is 13.2 Å². The summed E-state index contributed by atoms with van der Waals surface area (Å²) >= 11 is 0. The quantitative estimate of drug-likeness (QED) is 0.841. The molecule has 1 rings (SSSR count). The van der Waals surface area contributed by atoms with Gasteiger partial charge in [-0.25, -0.2) is 0 Å². The third kappa shape index (κ3) is 3.83. The average Bonchev–Trinajstić information content (AvgIpc) is 2.26. The summed E-state index contributed by atoms with van der Waals surface area (Å²) in [6, 6.07) is -1.97. The van der Waals surface area contributed by atoms with Gasteiger partial charge >= 0.3 is 6.18 Å². The lowest BCUT2D eigenvalue weighted by Gasteiger charge is -2.42. The van der Waals surface area contributed by atoms with Crippen LogP contribution in [0.15, 0.2) is 0 Å². The van der Waals surface area contributed by atoms with E-state index in [1.165, 1.54) is 11.8 Å². The largest absolute Gasteiger partial charge is 0.405 e. The molecule has 3 atom stereocenters. The molecule has 0 aromatic heterocycles. The summed E-state index contributed by atoms with van der Waals surface area (Å²) in [5.74, 6) is 0. The maximum Gasteiger partial charge on any atom is 0.405 e. The van der Waals surface area contributed by atoms with Gasteiger partial charge in [0.05, 0.1) is 0 Å². The molecule has 1 aliphatic heterocycles. The zero-order valence-electron chi connectivity index (χ0n) is 11.4. The maximum atomic E-state index is 12.9. The van der Waals surface area contributed by atoms with Crippen molar-refractivity contribution < 1.29 is 13.2 Å². The van der Waals surface area contributed by atoms with Gasteiger partial charge in [0.1, 0.15) is 6.04 Å². The molecule has 108 valence electrons. The molecule has 0 aromatic carbocycles. The highest BCUT2D eigenvalue weighted by molar-refractivity contribution is 4.89. The van der Waals surface area contributed by atoms with Gasteiger partial charge in [-0.05, 0) is 20.3 Å². The first-order chi connectivity index (χ1) is 8.27. The molecule has 1 aliphatic rings. The van der Waals surface area contributed by atoms with Gasteiger partial charge in [0.25, 0.3) is 0 Å². The predicted molar refractivity (Wildman–Crippen MR) is 66.4 cm³/mol. The second kappa shape index (κ2) is 6.21. The molecule has 0 amide bonds. The van der Waals surface area contributed by atoms with Crippen LogP contribution in [0.1, 0.15) is 27.2 Å². The molecule has 0 aliphatic carbocycles. The second-order valence-corrected chi connectivity index (χ2v) is 5.17. The summed E-state index contributed by atoms with van der Waals surface area (Å²) < 4.78 is 38.8. The molecule has 3 nitrogen and oxygen atoms in total. The number of hydrogen-bond donors (Lipinski definition) is 1. The first-order valence-electron chi connectivity index (χ1n) is 6.57. The highest BCUT2D eigenvalue weighted by Gasteiger charge is 2.46. The van der Waals surface area contributed by atoms with Gasteiger partial charge in [-0.1, -0.05) is 6.92 Å². The molecule has 3 unspecified atom stereocenters. The van der Waals surface area contributed by atoms with Crippen LogP contribution in [0.2, 0.25) is 0 Å². The smallest absolute Gasteiger partial charge is 0.326 e. The standard InChI is InChI=1S/C12H24F3N3/c1-4-9(2)17-5-7-18(8-6-17)11(10(3)16)12(13,14)15/h9-11H,4-8,16H2,1-3H3. The Morgan fingerprint density at radius 1 is 1.06 bits per heavy atom. The van der Waals surface area contributed by atoms with E-state index in [2.05, 4.69) is 18.7 Å². The summed E-state index contributed by atoms with van der Waals surface area (Å²) in [6.45, 7) is 7.90. The fourth-order valence-corrected chi connectivity index (χ4v) is 2.55. The Morgan fingerprint density at radius 3 is 1.83 bits per heavy atom. The normalized spacial score (nSPS) is 24.8. The van der Waals surface area contributed by atoms with E-state index in [4.69, 9.17) is 5.73 Å². The van der Waals surface area contributed by atoms with Crippen LogP contribution in [-0.2, 0) is 0 Å². The van der Waals surface area contributed by atoms with Crippen molar-refractivity contribution >= 4 is 0 Å². The molecule has 0 aromatic rings. The van der Waals surface area contributed by atoms with Gasteiger partial charge in [-0.3, -0.25) is 9.80 Å². The zero-order valence-corrected chi connectivity index (χ0v) is 11.4. The highest BCUT2D eigenvalue weighted by Crippen LogP contribution is 2.27. The Hall–Kier alpha value is -0.330. The predicted octanol–water partition coefficient (Wildman–Crippen LogP) is 1.68. The van der Waals surface area contributed by atoms with E-state index in [1.54, 1.807) is 0 Å². The van der Waals surface area contributed by atoms with E-state index in [0.29, 0.717) is 32.2 Å². The van der Waals surface area contributed by atoms with E-state index in [-0.39, 0.29) is 0 Å². The summed E-state index contributed by atoms with van der Waals surface area (Å²) in [7, 11) is 0. The first-order valence-corrected chi connectivity index (χ1v) is 6.57. The molecular formula is C12H24F3N3. The van der Waals surface area contributed by atoms with Crippen LogP contribution in [0.4, 0.5) is 13.2 Å². The van der Waals surface area contributed by atoms with E-state index >= 15 is 0 Å². The van der Waals surface area contributed by atoms with Gasteiger partial charge in [0.15, 0.2) is 0 Å². The summed E-state index contributed by atoms with van der Waals surface area (Å²) in [5.41, 5.74) is 5.50. The van der Waals surface area contributed by atoms with Crippen molar-refractivity contribution in [2.24, 2.45) is 5.73 Å². The zero-order chi connectivity index (χ0) is 13.9. The topological polar surface area (TPSA) is 32.5 Å². The third-order valence-electron chi connectivity index (χ3n) is 3.79. The van der Waals surface area contributed by atoms with Crippen LogP contribution in [0.25, 0.3) is 0 Å². The van der Waals surface area contributed by atoms with Gasteiger partial charge in [0, 0.05) is 38.3 Å². The Labute approximate surface area is 107 Å². The van der Waals surface area contributed by atoms with Gasteiger partial charge < -0.3 is 5.73 Å². The molecule has 0 radical (unpaired) electrons. The van der Waals surface area contributed by atoms with Crippen molar-refractivity contribution in [3.63, 3.8) is 0 Å². The second-order valence-electron chi connectivity index (χ2n) is 5.17. The van der Waals surface area contributed by atoms with Gasteiger partial charge in [-0.15, -0.1) is 0 Å². The first kappa shape index (κ1) is 15.7. The number of piperazine rings is 1. The molecular weight excluding hydrogens is 243 g/mol. The molecule has 18 heavy (non-hydrogen) atoms. The number of nitrogens with two attached hydrogens (primary N) is 1. The van der Waals surface area contributed by atoms with Crippen molar-refractivity contribution in [2.45, 2.75) is 51.5 Å². The van der Waals surface area contributed by atoms with Crippen molar-refractivity contribution in [3.05, 3.63) is 0 Å². The number of rotatable bonds is 4. The number of hydrogen-bond acceptors (Lipinski definition) is 3. The minimum Gasteiger partial charge on any atom is -0.326 e. The van der Waals surface area contributed by atoms with Crippen LogP contribution in [0.5, 0.6) is 0 Å². The van der Waals surface area contributed by atoms with E-state index in [1.807, 2.05) is 0 Å². The van der Waals surface area contributed by atoms with Crippen molar-refractivity contribution in [1.82, 2.24) is 9.80 Å². The maximum absolute atomic E-state index is 12.9. The SMILES string of the molecule is CCC(C)N1CCN(C(C(C)N)C(F)(F)F)CC1. The minimum atomic E-state index is -4.24. The molecule has 6 heteroatoms. The Kier molecular flexibility index (Phi) is 5.43. The monoisotopic (exact) mass is 267 g/mol. The minimum absolute atomic E-state index is 0.437. The van der Waals surface area contributed by atoms with Crippen molar-refractivity contribution in [3.8, 4) is 0 Å². The molecule has 1 saturated heterocycles. The van der Waals surface area contributed by atoms with Crippen LogP contribution in [-0.4, -0.2) is 60.3 Å². The Morgan fingerprint density at radius 2 is 1.50 bits per heavy atom. The summed E-state index contributed by atoms with van der Waals surface area (Å²) in [4.78, 5) is 3.72. The van der Waals surface area contributed by atoms with E-state index in [9.17, 15) is 13.2 Å². The lowest BCUT2D eigenvalue weighted by Crippen LogP contribution is -2.61. The Balaban J connectivity index is 2.60. The summed E-state index contributed by atoms with van der Waals surface area (Å²) in [5, 5.41) is 0. The fraction of sp³-hybridized carbons (Fsp3) is 1.00. The van der Waals surface area contributed by atoms with E-state index in [0.717, 1.165) is 6.42 Å². The number of nitrogens with zero attached hydrogens (tertiary/aromatic N) is 2. The molecule has 1 heterocycles. The van der Waals surface area contributed by atoms with Crippen molar-refractivity contribution in [2.75, 3.05) is 26.2 Å². The van der Waals surface area contributed by atoms with Gasteiger partial charge in [0.2, 0.25) is 0 Å². The third-order valence-corrected chi connectivity index (χ3v) is 3.79. The van der Waals surface area contributed by atoms with Crippen molar-refractivity contribution in [1.29, 1.82) is 0 Å². The fourth-order valence-electron chi connectivity index (χ4n) is 2.55. The van der Waals surface area contributed by atoms with Crippen LogP contribution in [0.3, 0.4) is 0 Å².